The van der Waals surface area contributed by atoms with Crippen molar-refractivity contribution >= 4 is 17.5 Å². The first-order valence-electron chi connectivity index (χ1n) is 10.7. The normalized spacial score (nSPS) is 22.8. The third kappa shape index (κ3) is 5.55. The maximum absolute atomic E-state index is 12.6. The number of amides is 2. The minimum atomic E-state index is -0.0210. The number of para-hydroxylation sites is 1. The molecule has 1 aromatic rings. The fourth-order valence-electron chi connectivity index (χ4n) is 4.32. The molecule has 2 aliphatic heterocycles. The minimum absolute atomic E-state index is 0.0210. The predicted octanol–water partition coefficient (Wildman–Crippen LogP) is 2.08. The first kappa shape index (κ1) is 20.8. The summed E-state index contributed by atoms with van der Waals surface area (Å²) < 4.78 is 0. The Labute approximate surface area is 168 Å². The summed E-state index contributed by atoms with van der Waals surface area (Å²) in [4.78, 5) is 27.0. The zero-order valence-electron chi connectivity index (χ0n) is 17.2. The van der Waals surface area contributed by atoms with Gasteiger partial charge in [0.2, 0.25) is 11.8 Å². The summed E-state index contributed by atoms with van der Waals surface area (Å²) in [5, 5.41) is 9.46. The fraction of sp³-hybridized carbons (Fsp3) is 0.636. The number of carbonyl (C=O) groups is 2. The molecule has 2 unspecified atom stereocenters. The van der Waals surface area contributed by atoms with E-state index in [0.717, 1.165) is 63.0 Å². The molecule has 28 heavy (non-hydrogen) atoms. The quantitative estimate of drug-likeness (QED) is 0.671. The standard InChI is InChI=1S/C22H34N4O2/c1-3-18-9-4-7-16(2)21(18)25-20(27)15-26-12-6-8-17(14-26)13-24-22(28)19-10-5-11-23-19/h4,7,9,17,19,23H,3,5-6,8,10-15H2,1-2H3,(H,24,28)(H,25,27). The number of aryl methyl sites for hydroxylation is 2. The van der Waals surface area contributed by atoms with Gasteiger partial charge in [-0.1, -0.05) is 25.1 Å². The number of anilines is 1. The average Bonchev–Trinajstić information content (AvgIpc) is 3.23. The molecular formula is C22H34N4O2. The van der Waals surface area contributed by atoms with Crippen molar-refractivity contribution in [3.8, 4) is 0 Å². The molecule has 2 aliphatic rings. The number of likely N-dealkylation sites (tertiary alicyclic amines) is 1. The first-order valence-corrected chi connectivity index (χ1v) is 10.7. The SMILES string of the molecule is CCc1cccc(C)c1NC(=O)CN1CCCC(CNC(=O)C2CCCN2)C1. The van der Waals surface area contributed by atoms with Crippen LogP contribution >= 0.6 is 0 Å². The van der Waals surface area contributed by atoms with Gasteiger partial charge in [-0.25, -0.2) is 0 Å². The van der Waals surface area contributed by atoms with Crippen molar-refractivity contribution in [3.05, 3.63) is 29.3 Å². The van der Waals surface area contributed by atoms with Gasteiger partial charge in [-0.3, -0.25) is 14.5 Å². The molecule has 154 valence electrons. The molecule has 2 heterocycles. The van der Waals surface area contributed by atoms with E-state index in [1.807, 2.05) is 19.1 Å². The summed E-state index contributed by atoms with van der Waals surface area (Å²) in [6, 6.07) is 6.12. The van der Waals surface area contributed by atoms with Gasteiger partial charge in [-0.05, 0) is 69.2 Å². The number of hydrogen-bond donors (Lipinski definition) is 3. The summed E-state index contributed by atoms with van der Waals surface area (Å²) in [6.07, 6.45) is 5.08. The Morgan fingerprint density at radius 1 is 1.25 bits per heavy atom. The highest BCUT2D eigenvalue weighted by molar-refractivity contribution is 5.93. The van der Waals surface area contributed by atoms with Crippen molar-refractivity contribution in [1.82, 2.24) is 15.5 Å². The first-order chi connectivity index (χ1) is 13.6. The summed E-state index contributed by atoms with van der Waals surface area (Å²) >= 11 is 0. The van der Waals surface area contributed by atoms with Crippen LogP contribution in [0.1, 0.15) is 43.7 Å². The van der Waals surface area contributed by atoms with Crippen molar-refractivity contribution < 1.29 is 9.59 Å². The van der Waals surface area contributed by atoms with Crippen LogP contribution in [-0.2, 0) is 16.0 Å². The van der Waals surface area contributed by atoms with Gasteiger partial charge < -0.3 is 16.0 Å². The molecule has 2 amide bonds. The number of hydrogen-bond acceptors (Lipinski definition) is 4. The molecule has 3 rings (SSSR count). The molecule has 0 saturated carbocycles. The zero-order valence-corrected chi connectivity index (χ0v) is 17.2. The van der Waals surface area contributed by atoms with E-state index >= 15 is 0 Å². The summed E-state index contributed by atoms with van der Waals surface area (Å²) in [5.74, 6) is 0.583. The van der Waals surface area contributed by atoms with Crippen molar-refractivity contribution in [1.29, 1.82) is 0 Å². The lowest BCUT2D eigenvalue weighted by Gasteiger charge is -2.32. The summed E-state index contributed by atoms with van der Waals surface area (Å²) in [5.41, 5.74) is 3.24. The number of benzene rings is 1. The van der Waals surface area contributed by atoms with Crippen LogP contribution in [0.4, 0.5) is 5.69 Å². The van der Waals surface area contributed by atoms with Gasteiger partial charge in [0.25, 0.3) is 0 Å². The van der Waals surface area contributed by atoms with Crippen molar-refractivity contribution in [3.63, 3.8) is 0 Å². The van der Waals surface area contributed by atoms with E-state index in [4.69, 9.17) is 0 Å². The third-order valence-electron chi connectivity index (χ3n) is 5.92. The van der Waals surface area contributed by atoms with Crippen LogP contribution in [0.2, 0.25) is 0 Å². The lowest BCUT2D eigenvalue weighted by molar-refractivity contribution is -0.123. The van der Waals surface area contributed by atoms with E-state index in [2.05, 4.69) is 33.8 Å². The van der Waals surface area contributed by atoms with E-state index in [9.17, 15) is 9.59 Å². The van der Waals surface area contributed by atoms with Crippen LogP contribution in [0.5, 0.6) is 0 Å². The molecule has 2 fully saturated rings. The molecule has 2 saturated heterocycles. The molecule has 2 atom stereocenters. The second-order valence-electron chi connectivity index (χ2n) is 8.15. The van der Waals surface area contributed by atoms with Crippen LogP contribution < -0.4 is 16.0 Å². The Balaban J connectivity index is 1.46. The van der Waals surface area contributed by atoms with E-state index in [1.54, 1.807) is 0 Å². The molecule has 0 spiro atoms. The van der Waals surface area contributed by atoms with Crippen molar-refractivity contribution in [2.24, 2.45) is 5.92 Å². The Hall–Kier alpha value is -1.92. The van der Waals surface area contributed by atoms with Gasteiger partial charge in [0.15, 0.2) is 0 Å². The van der Waals surface area contributed by atoms with E-state index in [1.165, 1.54) is 5.56 Å². The number of nitrogens with zero attached hydrogens (tertiary/aromatic N) is 1. The molecule has 0 aromatic heterocycles. The Morgan fingerprint density at radius 3 is 2.86 bits per heavy atom. The molecule has 0 bridgehead atoms. The van der Waals surface area contributed by atoms with Crippen molar-refractivity contribution in [2.75, 3.05) is 38.0 Å². The highest BCUT2D eigenvalue weighted by Gasteiger charge is 2.25. The van der Waals surface area contributed by atoms with Crippen LogP contribution in [0.15, 0.2) is 18.2 Å². The zero-order chi connectivity index (χ0) is 19.9. The number of rotatable bonds is 7. The van der Waals surface area contributed by atoms with E-state index in [0.29, 0.717) is 19.0 Å². The maximum Gasteiger partial charge on any atom is 0.238 e. The Kier molecular flexibility index (Phi) is 7.45. The third-order valence-corrected chi connectivity index (χ3v) is 5.92. The second kappa shape index (κ2) is 10.0. The average molecular weight is 387 g/mol. The monoisotopic (exact) mass is 386 g/mol. The Morgan fingerprint density at radius 2 is 2.11 bits per heavy atom. The molecular weight excluding hydrogens is 352 g/mol. The molecule has 0 aliphatic carbocycles. The van der Waals surface area contributed by atoms with Gasteiger partial charge in [0.05, 0.1) is 12.6 Å². The van der Waals surface area contributed by atoms with Gasteiger partial charge in [-0.15, -0.1) is 0 Å². The van der Waals surface area contributed by atoms with Gasteiger partial charge in [0, 0.05) is 18.8 Å². The van der Waals surface area contributed by atoms with Crippen LogP contribution in [0, 0.1) is 12.8 Å². The van der Waals surface area contributed by atoms with Gasteiger partial charge >= 0.3 is 0 Å². The lowest BCUT2D eigenvalue weighted by atomic mass is 9.97. The van der Waals surface area contributed by atoms with Gasteiger partial charge in [-0.2, -0.15) is 0 Å². The second-order valence-corrected chi connectivity index (χ2v) is 8.15. The molecule has 0 radical (unpaired) electrons. The van der Waals surface area contributed by atoms with E-state index in [-0.39, 0.29) is 17.9 Å². The highest BCUT2D eigenvalue weighted by atomic mass is 16.2. The van der Waals surface area contributed by atoms with Crippen LogP contribution in [0.3, 0.4) is 0 Å². The topological polar surface area (TPSA) is 73.5 Å². The van der Waals surface area contributed by atoms with Gasteiger partial charge in [0.1, 0.15) is 0 Å². The Bertz CT molecular complexity index is 685. The van der Waals surface area contributed by atoms with Crippen LogP contribution in [0.25, 0.3) is 0 Å². The number of piperidine rings is 1. The molecule has 6 heteroatoms. The minimum Gasteiger partial charge on any atom is -0.354 e. The smallest absolute Gasteiger partial charge is 0.238 e. The number of carbonyl (C=O) groups excluding carboxylic acids is 2. The largest absolute Gasteiger partial charge is 0.354 e. The fourth-order valence-corrected chi connectivity index (χ4v) is 4.32. The number of nitrogens with one attached hydrogen (secondary N) is 3. The molecule has 1 aromatic carbocycles. The summed E-state index contributed by atoms with van der Waals surface area (Å²) in [6.45, 7) is 7.99. The van der Waals surface area contributed by atoms with E-state index < -0.39 is 0 Å². The summed E-state index contributed by atoms with van der Waals surface area (Å²) in [7, 11) is 0. The predicted molar refractivity (Wildman–Crippen MR) is 112 cm³/mol. The highest BCUT2D eigenvalue weighted by Crippen LogP contribution is 2.21. The maximum atomic E-state index is 12.6. The lowest BCUT2D eigenvalue weighted by Crippen LogP contribution is -2.46. The van der Waals surface area contributed by atoms with Crippen LogP contribution in [-0.4, -0.2) is 55.5 Å². The molecule has 6 nitrogen and oxygen atoms in total. The molecule has 3 N–H and O–H groups in total. The van der Waals surface area contributed by atoms with Crippen molar-refractivity contribution in [2.45, 2.75) is 52.0 Å².